The zero-order chi connectivity index (χ0) is 27.0. The summed E-state index contributed by atoms with van der Waals surface area (Å²) in [5.74, 6) is -1.05. The van der Waals surface area contributed by atoms with Crippen LogP contribution in [0.4, 0.5) is 0 Å². The Kier molecular flexibility index (Phi) is 11.6. The van der Waals surface area contributed by atoms with Crippen LogP contribution in [-0.2, 0) is 19.3 Å². The summed E-state index contributed by atoms with van der Waals surface area (Å²) in [6.45, 7) is 4.48. The molecule has 0 amide bonds. The van der Waals surface area contributed by atoms with Crippen LogP contribution in [0.3, 0.4) is 0 Å². The molecule has 0 heterocycles. The van der Waals surface area contributed by atoms with E-state index >= 15 is 0 Å². The third kappa shape index (κ3) is 9.58. The van der Waals surface area contributed by atoms with E-state index in [0.29, 0.717) is 18.8 Å². The number of carbonyl (C=O) groups is 3. The van der Waals surface area contributed by atoms with Crippen molar-refractivity contribution in [2.45, 2.75) is 38.5 Å². The topological polar surface area (TPSA) is 88.1 Å². The Balaban J connectivity index is 1.33. The Morgan fingerprint density at radius 3 is 1.68 bits per heavy atom. The molecule has 0 unspecified atom stereocenters. The molecule has 0 aromatic heterocycles. The molecule has 198 valence electrons. The second kappa shape index (κ2) is 15.7. The van der Waals surface area contributed by atoms with Crippen molar-refractivity contribution in [2.24, 2.45) is 0 Å². The lowest BCUT2D eigenvalue weighted by atomic mass is 10.0. The van der Waals surface area contributed by atoms with Crippen LogP contribution in [-0.4, -0.2) is 31.1 Å². The van der Waals surface area contributed by atoms with E-state index in [1.165, 1.54) is 6.08 Å². The van der Waals surface area contributed by atoms with Crippen molar-refractivity contribution in [1.82, 2.24) is 0 Å². The van der Waals surface area contributed by atoms with E-state index in [9.17, 15) is 14.4 Å². The lowest BCUT2D eigenvalue weighted by Crippen LogP contribution is -2.11. The minimum absolute atomic E-state index is 0.269. The lowest BCUT2D eigenvalue weighted by Gasteiger charge is -2.08. The van der Waals surface area contributed by atoms with Crippen LogP contribution in [0.1, 0.15) is 59.2 Å². The van der Waals surface area contributed by atoms with E-state index in [-0.39, 0.29) is 11.5 Å². The van der Waals surface area contributed by atoms with Crippen LogP contribution in [0.15, 0.2) is 91.5 Å². The molecule has 0 aliphatic rings. The van der Waals surface area contributed by atoms with Gasteiger partial charge in [-0.15, -0.1) is 0 Å². The molecule has 0 atom stereocenters. The van der Waals surface area contributed by atoms with Gasteiger partial charge in [0.1, 0.15) is 5.75 Å². The van der Waals surface area contributed by atoms with Gasteiger partial charge in [0.25, 0.3) is 0 Å². The van der Waals surface area contributed by atoms with Gasteiger partial charge in [-0.3, -0.25) is 0 Å². The fourth-order valence-corrected chi connectivity index (χ4v) is 3.62. The number of hydrogen-bond acceptors (Lipinski definition) is 7. The van der Waals surface area contributed by atoms with Crippen molar-refractivity contribution < 1.29 is 33.6 Å². The first kappa shape index (κ1) is 28.2. The van der Waals surface area contributed by atoms with Crippen LogP contribution in [0.25, 0.3) is 11.1 Å². The smallest absolute Gasteiger partial charge is 0.386 e. The van der Waals surface area contributed by atoms with Crippen LogP contribution in [0.2, 0.25) is 0 Å². The number of rotatable bonds is 14. The first-order valence-electron chi connectivity index (χ1n) is 12.7. The van der Waals surface area contributed by atoms with E-state index < -0.39 is 11.9 Å². The van der Waals surface area contributed by atoms with Gasteiger partial charge in [-0.1, -0.05) is 74.7 Å². The Hall–Kier alpha value is -4.39. The molecule has 7 heteroatoms. The van der Waals surface area contributed by atoms with Gasteiger partial charge >= 0.3 is 17.9 Å². The molecule has 3 rings (SSSR count). The number of esters is 1. The summed E-state index contributed by atoms with van der Waals surface area (Å²) in [6.07, 6.45) is 7.39. The summed E-state index contributed by atoms with van der Waals surface area (Å²) in [5.41, 5.74) is 2.46. The Morgan fingerprint density at radius 1 is 0.605 bits per heavy atom. The minimum Gasteiger partial charge on any atom is -0.494 e. The lowest BCUT2D eigenvalue weighted by molar-refractivity contribution is -0.187. The molecule has 0 bridgehead atoms. The van der Waals surface area contributed by atoms with E-state index in [0.717, 1.165) is 55.4 Å². The van der Waals surface area contributed by atoms with Gasteiger partial charge in [0, 0.05) is 6.08 Å². The third-order valence-electron chi connectivity index (χ3n) is 5.73. The number of carbonyl (C=O) groups excluding carboxylic acids is 3. The van der Waals surface area contributed by atoms with E-state index in [2.05, 4.69) is 16.4 Å². The molecule has 0 N–H and O–H groups in total. The Bertz CT molecular complexity index is 1170. The quantitative estimate of drug-likeness (QED) is 0.0771. The van der Waals surface area contributed by atoms with Crippen molar-refractivity contribution in [3.63, 3.8) is 0 Å². The first-order chi connectivity index (χ1) is 18.6. The van der Waals surface area contributed by atoms with Gasteiger partial charge in [-0.25, -0.2) is 24.2 Å². The van der Waals surface area contributed by atoms with Crippen molar-refractivity contribution in [3.8, 4) is 16.9 Å². The maximum atomic E-state index is 12.2. The number of unbranched alkanes of at least 4 members (excludes halogenated alkanes) is 5. The van der Waals surface area contributed by atoms with Gasteiger partial charge in [-0.2, -0.15) is 0 Å². The van der Waals surface area contributed by atoms with Crippen LogP contribution in [0.5, 0.6) is 5.75 Å². The highest BCUT2D eigenvalue weighted by Gasteiger charge is 2.14. The Morgan fingerprint density at radius 2 is 1.11 bits per heavy atom. The summed E-state index contributed by atoms with van der Waals surface area (Å²) < 4.78 is 10.8. The molecule has 7 nitrogen and oxygen atoms in total. The predicted octanol–water partition coefficient (Wildman–Crippen LogP) is 6.73. The summed E-state index contributed by atoms with van der Waals surface area (Å²) in [6, 6.07) is 22.9. The monoisotopic (exact) mass is 516 g/mol. The van der Waals surface area contributed by atoms with Crippen molar-refractivity contribution in [1.29, 1.82) is 0 Å². The largest absolute Gasteiger partial charge is 0.494 e. The molecule has 3 aromatic rings. The van der Waals surface area contributed by atoms with Gasteiger partial charge in [-0.05, 0) is 60.4 Å². The number of benzene rings is 3. The average molecular weight is 517 g/mol. The molecule has 0 spiro atoms. The summed E-state index contributed by atoms with van der Waals surface area (Å²) in [7, 11) is 0. The van der Waals surface area contributed by atoms with Crippen molar-refractivity contribution in [2.75, 3.05) is 13.2 Å². The number of ether oxygens (including phenoxy) is 2. The molecule has 0 fully saturated rings. The highest BCUT2D eigenvalue weighted by atomic mass is 17.2. The summed E-state index contributed by atoms with van der Waals surface area (Å²) in [5, 5.41) is 0. The second-order valence-electron chi connectivity index (χ2n) is 8.55. The molecular weight excluding hydrogens is 484 g/mol. The average Bonchev–Trinajstić information content (AvgIpc) is 2.97. The standard InChI is InChI=1S/C31H32O7/c1-2-29(32)36-23-11-6-4-3-5-10-22-35-28-20-18-25(19-21-28)24-14-16-27(17-15-24)31(34)38-37-30(33)26-12-8-7-9-13-26/h2,7-9,12-21H,1,3-6,10-11,22-23H2. The van der Waals surface area contributed by atoms with Crippen LogP contribution >= 0.6 is 0 Å². The first-order valence-corrected chi connectivity index (χ1v) is 12.7. The predicted molar refractivity (Wildman–Crippen MR) is 144 cm³/mol. The second-order valence-corrected chi connectivity index (χ2v) is 8.55. The highest BCUT2D eigenvalue weighted by Crippen LogP contribution is 2.23. The van der Waals surface area contributed by atoms with Crippen LogP contribution in [0, 0.1) is 0 Å². The molecular formula is C31H32O7. The molecule has 0 radical (unpaired) electrons. The number of hydrogen-bond donors (Lipinski definition) is 0. The zero-order valence-corrected chi connectivity index (χ0v) is 21.3. The minimum atomic E-state index is -0.751. The summed E-state index contributed by atoms with van der Waals surface area (Å²) in [4.78, 5) is 44.4. The van der Waals surface area contributed by atoms with Gasteiger partial charge in [0.2, 0.25) is 0 Å². The fourth-order valence-electron chi connectivity index (χ4n) is 3.62. The van der Waals surface area contributed by atoms with E-state index in [4.69, 9.17) is 9.47 Å². The molecule has 0 aliphatic heterocycles. The molecule has 0 aliphatic carbocycles. The highest BCUT2D eigenvalue weighted by molar-refractivity contribution is 5.92. The maximum absolute atomic E-state index is 12.2. The normalized spacial score (nSPS) is 10.3. The molecule has 0 saturated carbocycles. The molecule has 3 aromatic carbocycles. The molecule has 0 saturated heterocycles. The van der Waals surface area contributed by atoms with E-state index in [1.807, 2.05) is 24.3 Å². The van der Waals surface area contributed by atoms with Crippen molar-refractivity contribution >= 4 is 17.9 Å². The SMILES string of the molecule is C=CC(=O)OCCCCCCCCOc1ccc(-c2ccc(C(=O)OOC(=O)c3ccccc3)cc2)cc1. The van der Waals surface area contributed by atoms with Gasteiger partial charge < -0.3 is 9.47 Å². The Labute approximate surface area is 222 Å². The van der Waals surface area contributed by atoms with Crippen molar-refractivity contribution in [3.05, 3.63) is 103 Å². The fraction of sp³-hybridized carbons (Fsp3) is 0.258. The summed E-state index contributed by atoms with van der Waals surface area (Å²) >= 11 is 0. The third-order valence-corrected chi connectivity index (χ3v) is 5.73. The van der Waals surface area contributed by atoms with E-state index in [1.54, 1.807) is 54.6 Å². The van der Waals surface area contributed by atoms with Crippen LogP contribution < -0.4 is 4.74 Å². The molecule has 38 heavy (non-hydrogen) atoms. The maximum Gasteiger partial charge on any atom is 0.386 e. The zero-order valence-electron chi connectivity index (χ0n) is 21.3. The van der Waals surface area contributed by atoms with Gasteiger partial charge in [0.15, 0.2) is 0 Å². The van der Waals surface area contributed by atoms with Gasteiger partial charge in [0.05, 0.1) is 24.3 Å².